The summed E-state index contributed by atoms with van der Waals surface area (Å²) in [5.74, 6) is 0.818. The molecule has 2 aromatic carbocycles. The van der Waals surface area contributed by atoms with Gasteiger partial charge in [0.2, 0.25) is 0 Å². The molecule has 0 aromatic heterocycles. The Labute approximate surface area is 132 Å². The largest absolute Gasteiger partial charge is 0.312 e. The normalized spacial score (nSPS) is 14.2. The lowest BCUT2D eigenvalue weighted by Crippen LogP contribution is -2.27. The zero-order valence-corrected chi connectivity index (χ0v) is 13.6. The summed E-state index contributed by atoms with van der Waals surface area (Å²) in [7, 11) is 0. The number of anilines is 1. The maximum absolute atomic E-state index is 4.66. The van der Waals surface area contributed by atoms with Gasteiger partial charge in [-0.25, -0.2) is 9.98 Å². The highest BCUT2D eigenvalue weighted by molar-refractivity contribution is 6.07. The van der Waals surface area contributed by atoms with E-state index in [0.29, 0.717) is 6.67 Å². The number of aliphatic imine (C=N–C) groups is 2. The zero-order valence-electron chi connectivity index (χ0n) is 13.6. The van der Waals surface area contributed by atoms with Crippen LogP contribution in [0.5, 0.6) is 0 Å². The molecule has 3 heteroatoms. The fourth-order valence-corrected chi connectivity index (χ4v) is 2.83. The predicted octanol–water partition coefficient (Wildman–Crippen LogP) is 4.17. The van der Waals surface area contributed by atoms with Crippen molar-refractivity contribution in [2.24, 2.45) is 9.98 Å². The van der Waals surface area contributed by atoms with E-state index in [4.69, 9.17) is 0 Å². The third-order valence-corrected chi connectivity index (χ3v) is 3.98. The third kappa shape index (κ3) is 2.80. The van der Waals surface area contributed by atoms with Crippen molar-refractivity contribution in [3.63, 3.8) is 0 Å². The van der Waals surface area contributed by atoms with Crippen LogP contribution < -0.4 is 4.90 Å². The van der Waals surface area contributed by atoms with E-state index < -0.39 is 0 Å². The second-order valence-electron chi connectivity index (χ2n) is 5.95. The molecule has 112 valence electrons. The Morgan fingerprint density at radius 1 is 0.864 bits per heavy atom. The zero-order chi connectivity index (χ0) is 15.7. The fraction of sp³-hybridized carbons (Fsp3) is 0.263. The summed E-state index contributed by atoms with van der Waals surface area (Å²) in [6, 6.07) is 12.8. The lowest BCUT2D eigenvalue weighted by atomic mass is 10.0. The standard InChI is InChI=1S/C19H21N3/c1-13-5-7-17(15(3)9-13)19-20-11-22(12-21-19)18-8-6-14(2)10-16(18)4/h5-11H,12H2,1-4H3. The Hall–Kier alpha value is -2.42. The number of benzene rings is 2. The van der Waals surface area contributed by atoms with E-state index in [1.165, 1.54) is 22.3 Å². The van der Waals surface area contributed by atoms with Crippen LogP contribution in [0.3, 0.4) is 0 Å². The topological polar surface area (TPSA) is 28.0 Å². The molecule has 0 saturated heterocycles. The van der Waals surface area contributed by atoms with Crippen LogP contribution in [0, 0.1) is 27.7 Å². The molecule has 0 fully saturated rings. The Morgan fingerprint density at radius 3 is 2.14 bits per heavy atom. The first-order valence-electron chi connectivity index (χ1n) is 7.55. The van der Waals surface area contributed by atoms with Gasteiger partial charge in [0.25, 0.3) is 0 Å². The van der Waals surface area contributed by atoms with Gasteiger partial charge >= 0.3 is 0 Å². The van der Waals surface area contributed by atoms with E-state index in [2.05, 4.69) is 79.0 Å². The average Bonchev–Trinajstić information content (AvgIpc) is 2.48. The molecule has 0 radical (unpaired) electrons. The van der Waals surface area contributed by atoms with Crippen molar-refractivity contribution in [1.82, 2.24) is 0 Å². The van der Waals surface area contributed by atoms with E-state index >= 15 is 0 Å². The monoisotopic (exact) mass is 291 g/mol. The molecule has 0 aliphatic carbocycles. The predicted molar refractivity (Wildman–Crippen MR) is 94.2 cm³/mol. The highest BCUT2D eigenvalue weighted by Gasteiger charge is 2.13. The molecule has 3 rings (SSSR count). The Kier molecular flexibility index (Phi) is 3.80. The van der Waals surface area contributed by atoms with Crippen molar-refractivity contribution < 1.29 is 0 Å². The Bertz CT molecular complexity index is 772. The summed E-state index contributed by atoms with van der Waals surface area (Å²) >= 11 is 0. The summed E-state index contributed by atoms with van der Waals surface area (Å²) in [6.07, 6.45) is 1.89. The molecule has 22 heavy (non-hydrogen) atoms. The number of amidine groups is 1. The Morgan fingerprint density at radius 2 is 1.55 bits per heavy atom. The fourth-order valence-electron chi connectivity index (χ4n) is 2.83. The number of hydrogen-bond donors (Lipinski definition) is 0. The molecular formula is C19H21N3. The van der Waals surface area contributed by atoms with Crippen LogP contribution >= 0.6 is 0 Å². The van der Waals surface area contributed by atoms with Crippen LogP contribution in [-0.4, -0.2) is 18.8 Å². The molecule has 2 aromatic rings. The second-order valence-corrected chi connectivity index (χ2v) is 5.95. The summed E-state index contributed by atoms with van der Waals surface area (Å²) in [6.45, 7) is 9.05. The van der Waals surface area contributed by atoms with Gasteiger partial charge in [0.1, 0.15) is 6.67 Å². The van der Waals surface area contributed by atoms with E-state index in [0.717, 1.165) is 17.1 Å². The van der Waals surface area contributed by atoms with Crippen molar-refractivity contribution >= 4 is 17.9 Å². The molecular weight excluding hydrogens is 270 g/mol. The van der Waals surface area contributed by atoms with E-state index in [1.807, 2.05) is 6.34 Å². The van der Waals surface area contributed by atoms with Gasteiger partial charge in [-0.1, -0.05) is 41.5 Å². The number of aryl methyl sites for hydroxylation is 4. The number of hydrogen-bond acceptors (Lipinski definition) is 3. The van der Waals surface area contributed by atoms with Gasteiger partial charge in [-0.05, 0) is 44.9 Å². The van der Waals surface area contributed by atoms with E-state index in [1.54, 1.807) is 0 Å². The first kappa shape index (κ1) is 14.5. The third-order valence-electron chi connectivity index (χ3n) is 3.98. The Balaban J connectivity index is 1.85. The van der Waals surface area contributed by atoms with Crippen LogP contribution in [0.25, 0.3) is 0 Å². The highest BCUT2D eigenvalue weighted by Crippen LogP contribution is 2.22. The van der Waals surface area contributed by atoms with Crippen LogP contribution in [0.15, 0.2) is 46.4 Å². The highest BCUT2D eigenvalue weighted by atomic mass is 15.3. The van der Waals surface area contributed by atoms with Crippen LogP contribution in [0.2, 0.25) is 0 Å². The minimum absolute atomic E-state index is 0.607. The minimum Gasteiger partial charge on any atom is -0.312 e. The van der Waals surface area contributed by atoms with Crippen LogP contribution in [-0.2, 0) is 0 Å². The lowest BCUT2D eigenvalue weighted by Gasteiger charge is -2.23. The summed E-state index contributed by atoms with van der Waals surface area (Å²) in [4.78, 5) is 11.3. The van der Waals surface area contributed by atoms with Gasteiger partial charge in [-0.2, -0.15) is 0 Å². The molecule has 0 N–H and O–H groups in total. The van der Waals surface area contributed by atoms with Gasteiger partial charge in [0, 0.05) is 11.3 Å². The molecule has 1 aliphatic rings. The first-order valence-corrected chi connectivity index (χ1v) is 7.55. The quantitative estimate of drug-likeness (QED) is 0.816. The molecule has 0 bridgehead atoms. The van der Waals surface area contributed by atoms with Crippen LogP contribution in [0.1, 0.15) is 27.8 Å². The van der Waals surface area contributed by atoms with Crippen molar-refractivity contribution in [2.75, 3.05) is 11.6 Å². The second kappa shape index (κ2) is 5.76. The lowest BCUT2D eigenvalue weighted by molar-refractivity contribution is 0.994. The molecule has 1 aliphatic heterocycles. The van der Waals surface area contributed by atoms with Gasteiger partial charge in [0.15, 0.2) is 5.84 Å². The summed E-state index contributed by atoms with van der Waals surface area (Å²) < 4.78 is 0. The van der Waals surface area contributed by atoms with Crippen molar-refractivity contribution in [2.45, 2.75) is 27.7 Å². The maximum Gasteiger partial charge on any atom is 0.158 e. The van der Waals surface area contributed by atoms with Crippen molar-refractivity contribution in [3.05, 3.63) is 64.2 Å². The molecule has 0 saturated carbocycles. The molecule has 1 heterocycles. The van der Waals surface area contributed by atoms with Gasteiger partial charge in [-0.3, -0.25) is 0 Å². The van der Waals surface area contributed by atoms with Gasteiger partial charge in [0.05, 0.1) is 6.34 Å². The van der Waals surface area contributed by atoms with Crippen molar-refractivity contribution in [1.29, 1.82) is 0 Å². The van der Waals surface area contributed by atoms with Crippen LogP contribution in [0.4, 0.5) is 5.69 Å². The van der Waals surface area contributed by atoms with Gasteiger partial charge < -0.3 is 4.90 Å². The van der Waals surface area contributed by atoms with Gasteiger partial charge in [-0.15, -0.1) is 0 Å². The summed E-state index contributed by atoms with van der Waals surface area (Å²) in [5.41, 5.74) is 7.28. The molecule has 0 amide bonds. The SMILES string of the molecule is Cc1ccc(C2=NCN(c3ccc(C)cc3C)C=N2)c(C)c1. The molecule has 0 spiro atoms. The summed E-state index contributed by atoms with van der Waals surface area (Å²) in [5, 5.41) is 0. The van der Waals surface area contributed by atoms with E-state index in [9.17, 15) is 0 Å². The maximum atomic E-state index is 4.66. The smallest absolute Gasteiger partial charge is 0.158 e. The average molecular weight is 291 g/mol. The minimum atomic E-state index is 0.607. The molecule has 0 unspecified atom stereocenters. The van der Waals surface area contributed by atoms with E-state index in [-0.39, 0.29) is 0 Å². The first-order chi connectivity index (χ1) is 10.5. The molecule has 3 nitrogen and oxygen atoms in total. The number of rotatable bonds is 2. The van der Waals surface area contributed by atoms with Crippen molar-refractivity contribution in [3.8, 4) is 0 Å². The number of nitrogens with zero attached hydrogens (tertiary/aromatic N) is 3. The molecule has 0 atom stereocenters.